The van der Waals surface area contributed by atoms with E-state index in [1.807, 2.05) is 35.5 Å². The molecule has 1 unspecified atom stereocenters. The number of carbonyl (C=O) groups is 1. The molecular formula is C22H25N5O. The van der Waals surface area contributed by atoms with E-state index in [4.69, 9.17) is 0 Å². The zero-order valence-electron chi connectivity index (χ0n) is 16.0. The number of benzene rings is 1. The maximum atomic E-state index is 13.7. The largest absolute Gasteiger partial charge is 0.336 e. The molecule has 1 saturated heterocycles. The van der Waals surface area contributed by atoms with Gasteiger partial charge in [-0.15, -0.1) is 0 Å². The molecule has 1 N–H and O–H groups in total. The Kier molecular flexibility index (Phi) is 4.56. The smallest absolute Gasteiger partial charge is 0.244 e. The van der Waals surface area contributed by atoms with Gasteiger partial charge in [-0.2, -0.15) is 5.10 Å². The lowest BCUT2D eigenvalue weighted by Gasteiger charge is -2.38. The summed E-state index contributed by atoms with van der Waals surface area (Å²) < 4.78 is 0. The Labute approximate surface area is 164 Å². The molecule has 0 radical (unpaired) electrons. The average Bonchev–Trinajstić information content (AvgIpc) is 3.24. The Bertz CT molecular complexity index is 977. The van der Waals surface area contributed by atoms with E-state index in [0.29, 0.717) is 6.54 Å². The van der Waals surface area contributed by atoms with Gasteiger partial charge in [0.2, 0.25) is 5.91 Å². The van der Waals surface area contributed by atoms with Crippen LogP contribution in [0.2, 0.25) is 0 Å². The Balaban J connectivity index is 1.44. The number of piperidine rings is 1. The zero-order valence-corrected chi connectivity index (χ0v) is 16.0. The lowest BCUT2D eigenvalue weighted by molar-refractivity contribution is -0.138. The highest BCUT2D eigenvalue weighted by molar-refractivity contribution is 5.85. The van der Waals surface area contributed by atoms with E-state index in [2.05, 4.69) is 32.2 Å². The van der Waals surface area contributed by atoms with Gasteiger partial charge in [-0.1, -0.05) is 36.8 Å². The van der Waals surface area contributed by atoms with E-state index in [0.717, 1.165) is 48.2 Å². The van der Waals surface area contributed by atoms with Crippen molar-refractivity contribution in [2.75, 3.05) is 19.6 Å². The number of hydrogen-bond donors (Lipinski definition) is 1. The first kappa shape index (κ1) is 17.4. The summed E-state index contributed by atoms with van der Waals surface area (Å²) in [4.78, 5) is 22.5. The van der Waals surface area contributed by atoms with Crippen LogP contribution in [0.25, 0.3) is 11.0 Å². The Morgan fingerprint density at radius 2 is 1.86 bits per heavy atom. The van der Waals surface area contributed by atoms with Crippen molar-refractivity contribution < 1.29 is 4.79 Å². The van der Waals surface area contributed by atoms with Crippen LogP contribution in [0.3, 0.4) is 0 Å². The van der Waals surface area contributed by atoms with Crippen molar-refractivity contribution in [1.29, 1.82) is 0 Å². The van der Waals surface area contributed by atoms with Crippen LogP contribution in [-0.4, -0.2) is 50.5 Å². The summed E-state index contributed by atoms with van der Waals surface area (Å²) in [5.74, 6) is 0.214. The summed E-state index contributed by atoms with van der Waals surface area (Å²) in [5.41, 5.74) is 4.34. The Morgan fingerprint density at radius 1 is 1.04 bits per heavy atom. The number of rotatable bonds is 3. The summed E-state index contributed by atoms with van der Waals surface area (Å²) in [6.07, 6.45) is 8.19. The van der Waals surface area contributed by atoms with Crippen LogP contribution in [0.1, 0.15) is 42.0 Å². The van der Waals surface area contributed by atoms with Crippen LogP contribution in [-0.2, 0) is 17.8 Å². The zero-order chi connectivity index (χ0) is 18.9. The molecule has 144 valence electrons. The fraction of sp³-hybridized carbons (Fsp3) is 0.409. The van der Waals surface area contributed by atoms with E-state index >= 15 is 0 Å². The lowest BCUT2D eigenvalue weighted by atomic mass is 9.96. The molecule has 1 aromatic carbocycles. The van der Waals surface area contributed by atoms with Gasteiger partial charge in [-0.3, -0.25) is 14.8 Å². The van der Waals surface area contributed by atoms with E-state index in [1.54, 1.807) is 0 Å². The number of nitrogens with one attached hydrogen (secondary N) is 1. The molecule has 0 aliphatic carbocycles. The molecule has 0 bridgehead atoms. The second kappa shape index (κ2) is 7.36. The number of amides is 1. The van der Waals surface area contributed by atoms with Gasteiger partial charge >= 0.3 is 0 Å². The maximum absolute atomic E-state index is 13.7. The van der Waals surface area contributed by atoms with Gasteiger partial charge in [0.25, 0.3) is 0 Å². The van der Waals surface area contributed by atoms with Crippen LogP contribution in [0, 0.1) is 0 Å². The Morgan fingerprint density at radius 3 is 2.68 bits per heavy atom. The number of nitrogens with zero attached hydrogens (tertiary/aromatic N) is 4. The quantitative estimate of drug-likeness (QED) is 0.764. The van der Waals surface area contributed by atoms with Gasteiger partial charge < -0.3 is 4.90 Å². The summed E-state index contributed by atoms with van der Waals surface area (Å²) in [7, 11) is 0. The highest BCUT2D eigenvalue weighted by Gasteiger charge is 2.33. The van der Waals surface area contributed by atoms with Crippen molar-refractivity contribution in [2.24, 2.45) is 0 Å². The van der Waals surface area contributed by atoms with Gasteiger partial charge in [-0.25, -0.2) is 4.98 Å². The van der Waals surface area contributed by atoms with Crippen molar-refractivity contribution in [3.63, 3.8) is 0 Å². The van der Waals surface area contributed by atoms with E-state index in [9.17, 15) is 4.79 Å². The number of pyridine rings is 1. The minimum atomic E-state index is -0.186. The summed E-state index contributed by atoms with van der Waals surface area (Å²) >= 11 is 0. The third-order valence-electron chi connectivity index (χ3n) is 6.09. The van der Waals surface area contributed by atoms with Gasteiger partial charge in [0, 0.05) is 24.7 Å². The SMILES string of the molecule is O=C(C(c1ccccc1)N1CCCCC1)N1CCc2c(cnc3[nH]ncc23)C1. The number of hydrogen-bond acceptors (Lipinski definition) is 4. The number of aromatic amines is 1. The highest BCUT2D eigenvalue weighted by Crippen LogP contribution is 2.30. The molecule has 6 nitrogen and oxygen atoms in total. The molecule has 0 spiro atoms. The van der Waals surface area contributed by atoms with Crippen molar-refractivity contribution >= 4 is 16.9 Å². The van der Waals surface area contributed by atoms with Crippen molar-refractivity contribution in [2.45, 2.75) is 38.3 Å². The third kappa shape index (κ3) is 3.07. The minimum absolute atomic E-state index is 0.186. The first-order chi connectivity index (χ1) is 13.8. The molecule has 28 heavy (non-hydrogen) atoms. The molecule has 1 atom stereocenters. The topological polar surface area (TPSA) is 65.1 Å². The van der Waals surface area contributed by atoms with Crippen molar-refractivity contribution in [3.8, 4) is 0 Å². The van der Waals surface area contributed by atoms with Crippen LogP contribution in [0.15, 0.2) is 42.7 Å². The minimum Gasteiger partial charge on any atom is -0.336 e. The molecule has 3 aromatic rings. The first-order valence-electron chi connectivity index (χ1n) is 10.2. The first-order valence-corrected chi connectivity index (χ1v) is 10.2. The van der Waals surface area contributed by atoms with Crippen LogP contribution in [0.5, 0.6) is 0 Å². The van der Waals surface area contributed by atoms with Crippen LogP contribution in [0.4, 0.5) is 0 Å². The van der Waals surface area contributed by atoms with Gasteiger partial charge in [0.15, 0.2) is 5.65 Å². The third-order valence-corrected chi connectivity index (χ3v) is 6.09. The Hall–Kier alpha value is -2.73. The molecule has 1 amide bonds. The molecule has 6 heteroatoms. The monoisotopic (exact) mass is 375 g/mol. The molecule has 2 aromatic heterocycles. The summed E-state index contributed by atoms with van der Waals surface area (Å²) in [6.45, 7) is 3.35. The van der Waals surface area contributed by atoms with Gasteiger partial charge in [-0.05, 0) is 49.0 Å². The van der Waals surface area contributed by atoms with E-state index in [1.165, 1.54) is 24.8 Å². The second-order valence-corrected chi connectivity index (χ2v) is 7.81. The van der Waals surface area contributed by atoms with Crippen LogP contribution >= 0.6 is 0 Å². The summed E-state index contributed by atoms with van der Waals surface area (Å²) in [6, 6.07) is 10.1. The summed E-state index contributed by atoms with van der Waals surface area (Å²) in [5, 5.41) is 8.14. The number of likely N-dealkylation sites (tertiary alicyclic amines) is 1. The normalized spacial score (nSPS) is 18.8. The number of H-pyrrole nitrogens is 1. The second-order valence-electron chi connectivity index (χ2n) is 7.81. The average molecular weight is 375 g/mol. The number of carbonyl (C=O) groups excluding carboxylic acids is 1. The molecule has 2 aliphatic rings. The van der Waals surface area contributed by atoms with Gasteiger partial charge in [0.1, 0.15) is 6.04 Å². The van der Waals surface area contributed by atoms with Crippen molar-refractivity contribution in [3.05, 3.63) is 59.4 Å². The molecule has 1 fully saturated rings. The number of fused-ring (bicyclic) bond motifs is 3. The predicted molar refractivity (Wildman–Crippen MR) is 108 cm³/mol. The fourth-order valence-corrected chi connectivity index (χ4v) is 4.64. The lowest BCUT2D eigenvalue weighted by Crippen LogP contribution is -2.46. The predicted octanol–water partition coefficient (Wildman–Crippen LogP) is 3.07. The van der Waals surface area contributed by atoms with E-state index < -0.39 is 0 Å². The van der Waals surface area contributed by atoms with Crippen molar-refractivity contribution in [1.82, 2.24) is 25.0 Å². The molecule has 0 saturated carbocycles. The molecule has 2 aliphatic heterocycles. The standard InChI is InChI=1S/C22H25N5O/c28-22(20(16-7-3-1-4-8-16)26-10-5-2-6-11-26)27-12-9-18-17(15-27)13-23-21-19(18)14-24-25-21/h1,3-4,7-8,13-14,20H,2,5-6,9-12,15H2,(H,23,24,25). The molecule has 5 rings (SSSR count). The maximum Gasteiger partial charge on any atom is 0.244 e. The number of aromatic nitrogens is 3. The molecular weight excluding hydrogens is 350 g/mol. The molecule has 4 heterocycles. The fourth-order valence-electron chi connectivity index (χ4n) is 4.64. The van der Waals surface area contributed by atoms with E-state index in [-0.39, 0.29) is 11.9 Å². The highest BCUT2D eigenvalue weighted by atomic mass is 16.2. The van der Waals surface area contributed by atoms with Crippen LogP contribution < -0.4 is 0 Å². The van der Waals surface area contributed by atoms with Gasteiger partial charge in [0.05, 0.1) is 6.20 Å².